The first-order valence-corrected chi connectivity index (χ1v) is 23.5. The van der Waals surface area contributed by atoms with E-state index in [1.54, 1.807) is 18.2 Å². The zero-order valence-corrected chi connectivity index (χ0v) is 37.0. The highest BCUT2D eigenvalue weighted by Crippen LogP contribution is 2.49. The van der Waals surface area contributed by atoms with Gasteiger partial charge in [0.1, 0.15) is 48.0 Å². The summed E-state index contributed by atoms with van der Waals surface area (Å²) in [7, 11) is -2.28. The summed E-state index contributed by atoms with van der Waals surface area (Å²) in [4.78, 5) is 32.2. The van der Waals surface area contributed by atoms with Gasteiger partial charge in [-0.2, -0.15) is 9.97 Å². The molecular formula is C46H57F2N5O5Si. The van der Waals surface area contributed by atoms with Crippen LogP contribution in [0.4, 0.5) is 19.4 Å². The number of carbonyl (C=O) groups excluding carboxylic acids is 1. The molecule has 1 aliphatic carbocycles. The number of benzene rings is 2. The molecule has 2 aromatic carbocycles. The number of anilines is 1. The molecule has 13 heteroatoms. The molecule has 4 aliphatic rings. The fourth-order valence-corrected chi connectivity index (χ4v) is 15.5. The van der Waals surface area contributed by atoms with Gasteiger partial charge >= 0.3 is 12.1 Å². The van der Waals surface area contributed by atoms with E-state index in [2.05, 4.69) is 57.9 Å². The number of fused-ring (bicyclic) bond motifs is 6. The van der Waals surface area contributed by atoms with Crippen molar-refractivity contribution in [3.8, 4) is 34.6 Å². The third-order valence-electron chi connectivity index (χ3n) is 13.4. The molecule has 0 radical (unpaired) electrons. The number of hydrogen-bond acceptors (Lipinski definition) is 9. The number of nitrogens with zero attached hydrogens (tertiary/aromatic N) is 5. The van der Waals surface area contributed by atoms with E-state index >= 15 is 8.78 Å². The zero-order valence-electron chi connectivity index (χ0n) is 36.0. The van der Waals surface area contributed by atoms with Gasteiger partial charge in [0, 0.05) is 22.9 Å². The van der Waals surface area contributed by atoms with Crippen molar-refractivity contribution in [3.63, 3.8) is 0 Å². The summed E-state index contributed by atoms with van der Waals surface area (Å²) in [6, 6.07) is 7.66. The smallest absolute Gasteiger partial charge is 0.410 e. The Morgan fingerprint density at radius 3 is 2.37 bits per heavy atom. The van der Waals surface area contributed by atoms with Crippen LogP contribution in [0.3, 0.4) is 0 Å². The number of halogens is 2. The molecule has 3 aliphatic heterocycles. The minimum atomic E-state index is -2.28. The molecule has 1 N–H and O–H groups in total. The molecule has 314 valence electrons. The second-order valence-corrected chi connectivity index (χ2v) is 24.8. The van der Waals surface area contributed by atoms with Gasteiger partial charge < -0.3 is 24.2 Å². The van der Waals surface area contributed by atoms with Crippen molar-refractivity contribution in [2.45, 2.75) is 141 Å². The largest absolute Gasteiger partial charge is 0.472 e. The lowest BCUT2D eigenvalue weighted by molar-refractivity contribution is 0.000932. The summed E-state index contributed by atoms with van der Waals surface area (Å²) in [5, 5.41) is 11.5. The summed E-state index contributed by atoms with van der Waals surface area (Å²) in [6.45, 7) is 21.3. The van der Waals surface area contributed by atoms with E-state index in [1.165, 1.54) is 6.07 Å². The maximum Gasteiger partial charge on any atom is 0.410 e. The Kier molecular flexibility index (Phi) is 10.4. The number of hydrogen-bond donors (Lipinski definition) is 1. The number of aromatic nitrogens is 3. The fraction of sp³-hybridized carbons (Fsp3) is 0.565. The van der Waals surface area contributed by atoms with Crippen LogP contribution in [0.2, 0.25) is 16.6 Å². The van der Waals surface area contributed by atoms with Gasteiger partial charge in [-0.25, -0.2) is 18.6 Å². The van der Waals surface area contributed by atoms with Crippen molar-refractivity contribution >= 4 is 41.7 Å². The Hall–Kier alpha value is -4.54. The second-order valence-electron chi connectivity index (χ2n) is 19.2. The molecule has 8 rings (SSSR count). The molecule has 2 aromatic heterocycles. The van der Waals surface area contributed by atoms with Gasteiger partial charge in [-0.15, -0.1) is 5.54 Å². The monoisotopic (exact) mass is 825 g/mol. The summed E-state index contributed by atoms with van der Waals surface area (Å²) in [5.74, 6) is 2.68. The number of amides is 1. The molecular weight excluding hydrogens is 769 g/mol. The standard InChI is InChI=1S/C46H57F2N5O5Si/c1-25(2)59(26(3)4,27(5)6)21-18-31-33(47)16-14-29-12-11-13-32(35(29)31)38-37(48)39-36-41(51-43(50-39)56-24-46(23-54)19-20-46)52-22-30-15-17-34(40(52)28(7)57-42(36)49-38)53(30)44(55)58-45(8,9)10/h11-14,16,25-28,30,34,40,54H,15,17,19-20,22-24H2,1-10H3/t28-,30+,34-,40+/m0/s1. The Labute approximate surface area is 347 Å². The first kappa shape index (κ1) is 41.2. The van der Waals surface area contributed by atoms with Crippen LogP contribution in [0.5, 0.6) is 11.9 Å². The Morgan fingerprint density at radius 2 is 1.73 bits per heavy atom. The van der Waals surface area contributed by atoms with E-state index in [0.717, 1.165) is 25.7 Å². The summed E-state index contributed by atoms with van der Waals surface area (Å²) < 4.78 is 52.8. The molecule has 4 aromatic rings. The minimum absolute atomic E-state index is 0.0303. The molecule has 59 heavy (non-hydrogen) atoms. The quantitative estimate of drug-likeness (QED) is 0.137. The second kappa shape index (κ2) is 14.9. The lowest BCUT2D eigenvalue weighted by atomic mass is 9.96. The topological polar surface area (TPSA) is 110 Å². The number of rotatable bonds is 8. The van der Waals surface area contributed by atoms with Crippen molar-refractivity contribution < 1.29 is 32.9 Å². The molecule has 0 spiro atoms. The molecule has 1 amide bonds. The van der Waals surface area contributed by atoms with Crippen molar-refractivity contribution in [1.29, 1.82) is 0 Å². The highest BCUT2D eigenvalue weighted by molar-refractivity contribution is 6.90. The predicted molar refractivity (Wildman–Crippen MR) is 228 cm³/mol. The summed E-state index contributed by atoms with van der Waals surface area (Å²) >= 11 is 0. The normalized spacial score (nSPS) is 22.0. The van der Waals surface area contributed by atoms with Crippen molar-refractivity contribution in [2.24, 2.45) is 5.41 Å². The van der Waals surface area contributed by atoms with E-state index in [-0.39, 0.29) is 71.5 Å². The number of pyridine rings is 1. The number of piperazine rings is 1. The van der Waals surface area contributed by atoms with Crippen molar-refractivity contribution in [2.75, 3.05) is 24.7 Å². The van der Waals surface area contributed by atoms with Crippen molar-refractivity contribution in [1.82, 2.24) is 19.9 Å². The highest BCUT2D eigenvalue weighted by atomic mass is 28.3. The molecule has 1 saturated carbocycles. The number of ether oxygens (including phenoxy) is 3. The van der Waals surface area contributed by atoms with Crippen LogP contribution in [0.25, 0.3) is 32.9 Å². The van der Waals surface area contributed by atoms with E-state index in [1.807, 2.05) is 38.7 Å². The van der Waals surface area contributed by atoms with Gasteiger partial charge in [-0.3, -0.25) is 4.90 Å². The lowest BCUT2D eigenvalue weighted by Crippen LogP contribution is -2.65. The average molecular weight is 826 g/mol. The van der Waals surface area contributed by atoms with Crippen LogP contribution in [-0.2, 0) is 4.74 Å². The third-order valence-corrected chi connectivity index (χ3v) is 19.7. The first-order chi connectivity index (χ1) is 27.9. The number of carbonyl (C=O) groups is 1. The van der Waals surface area contributed by atoms with E-state index in [4.69, 9.17) is 29.2 Å². The van der Waals surface area contributed by atoms with Gasteiger partial charge in [-0.1, -0.05) is 71.7 Å². The molecule has 3 fully saturated rings. The average Bonchev–Trinajstić information content (AvgIpc) is 3.91. The minimum Gasteiger partial charge on any atom is -0.472 e. The van der Waals surface area contributed by atoms with Crippen LogP contribution in [-0.4, -0.2) is 88.7 Å². The molecule has 2 saturated heterocycles. The summed E-state index contributed by atoms with van der Waals surface area (Å²) in [5.41, 5.74) is 4.07. The number of aliphatic hydroxyl groups excluding tert-OH is 1. The number of aliphatic hydroxyl groups is 1. The van der Waals surface area contributed by atoms with E-state index in [0.29, 0.717) is 50.7 Å². The van der Waals surface area contributed by atoms with Gasteiger partial charge in [0.25, 0.3) is 0 Å². The maximum absolute atomic E-state index is 17.7. The maximum atomic E-state index is 17.7. The molecule has 10 nitrogen and oxygen atoms in total. The van der Waals surface area contributed by atoms with Gasteiger partial charge in [0.2, 0.25) is 5.88 Å². The van der Waals surface area contributed by atoms with E-state index in [9.17, 15) is 9.90 Å². The van der Waals surface area contributed by atoms with Crippen LogP contribution >= 0.6 is 0 Å². The van der Waals surface area contributed by atoms with Crippen LogP contribution in [0, 0.1) is 28.5 Å². The Balaban J connectivity index is 1.33. The Morgan fingerprint density at radius 1 is 1.02 bits per heavy atom. The van der Waals surface area contributed by atoms with Gasteiger partial charge in [0.15, 0.2) is 5.82 Å². The van der Waals surface area contributed by atoms with Crippen LogP contribution in [0.1, 0.15) is 100 Å². The Bertz CT molecular complexity index is 2360. The zero-order chi connectivity index (χ0) is 42.3. The first-order valence-electron chi connectivity index (χ1n) is 21.2. The van der Waals surface area contributed by atoms with Crippen molar-refractivity contribution in [3.05, 3.63) is 47.5 Å². The van der Waals surface area contributed by atoms with Crippen LogP contribution < -0.4 is 14.4 Å². The summed E-state index contributed by atoms with van der Waals surface area (Å²) in [6.07, 6.45) is 2.18. The van der Waals surface area contributed by atoms with Gasteiger partial charge in [-0.05, 0) is 81.5 Å². The molecule has 0 unspecified atom stereocenters. The predicted octanol–water partition coefficient (Wildman–Crippen LogP) is 9.58. The molecule has 2 bridgehead atoms. The SMILES string of the molecule is CC(C)[Si](C#Cc1c(F)ccc2cccc(-c3nc4c5c(nc(OCC6(CO)CC6)nc5c3F)N3C[C@H]5CC[C@@H]([C@H]3[C@H](C)O4)N5C(=O)OC(C)(C)C)c12)(C(C)C)C(C)C. The lowest BCUT2D eigenvalue weighted by Gasteiger charge is -2.48. The van der Waals surface area contributed by atoms with Crippen LogP contribution in [0.15, 0.2) is 30.3 Å². The fourth-order valence-electron chi connectivity index (χ4n) is 10.3. The third kappa shape index (κ3) is 6.97. The highest BCUT2D eigenvalue weighted by Gasteiger charge is 2.54. The van der Waals surface area contributed by atoms with E-state index < -0.39 is 31.4 Å². The van der Waals surface area contributed by atoms with Gasteiger partial charge in [0.05, 0.1) is 36.9 Å². The molecule has 5 heterocycles. The molecule has 4 atom stereocenters.